The number of nitrogens with one attached hydrogen (secondary N) is 2. The van der Waals surface area contributed by atoms with Crippen LogP contribution in [-0.4, -0.2) is 32.3 Å². The van der Waals surface area contributed by atoms with Gasteiger partial charge < -0.3 is 15.2 Å². The van der Waals surface area contributed by atoms with Crippen LogP contribution in [0.15, 0.2) is 60.3 Å². The number of carbonyl (C=O) groups excluding carboxylic acids is 2. The van der Waals surface area contributed by atoms with Crippen molar-refractivity contribution in [3.63, 3.8) is 0 Å². The van der Waals surface area contributed by atoms with Crippen LogP contribution in [0.25, 0.3) is 0 Å². The molecule has 0 aliphatic heterocycles. The highest BCUT2D eigenvalue weighted by molar-refractivity contribution is 7.99. The molecule has 0 radical (unpaired) electrons. The highest BCUT2D eigenvalue weighted by Crippen LogP contribution is 2.24. The molecule has 0 bridgehead atoms. The number of allylic oxidation sites excluding steroid dienone is 1. The smallest absolute Gasteiger partial charge is 0.252 e. The standard InChI is InChI=1S/C26H31N5O2S/c1-6-15-31-24(19(5)27-25(33)21-14-9-8-11-17(21)3)29-30-26(31)34-16-22(32)28-23-18(4)12-10-13-20(23)7-2/h6,8-14,19H,1,7,15-16H2,2-5H3,(H,27,33)(H,28,32)/t19-/m1/s1. The second-order valence-electron chi connectivity index (χ2n) is 8.05. The number of hydrogen-bond acceptors (Lipinski definition) is 5. The van der Waals surface area contributed by atoms with Gasteiger partial charge in [-0.15, -0.1) is 16.8 Å². The summed E-state index contributed by atoms with van der Waals surface area (Å²) in [7, 11) is 0. The Bertz CT molecular complexity index is 1190. The van der Waals surface area contributed by atoms with E-state index in [1.54, 1.807) is 12.1 Å². The van der Waals surface area contributed by atoms with E-state index in [-0.39, 0.29) is 23.6 Å². The van der Waals surface area contributed by atoms with Crippen LogP contribution in [-0.2, 0) is 17.8 Å². The highest BCUT2D eigenvalue weighted by atomic mass is 32.2. The first-order valence-electron chi connectivity index (χ1n) is 11.3. The average Bonchev–Trinajstić information content (AvgIpc) is 3.22. The number of para-hydroxylation sites is 1. The van der Waals surface area contributed by atoms with Crippen LogP contribution in [0, 0.1) is 13.8 Å². The topological polar surface area (TPSA) is 88.9 Å². The Kier molecular flexibility index (Phi) is 8.65. The minimum atomic E-state index is -0.373. The Morgan fingerprint density at radius 2 is 1.85 bits per heavy atom. The molecule has 178 valence electrons. The van der Waals surface area contributed by atoms with Gasteiger partial charge in [-0.2, -0.15) is 0 Å². The van der Waals surface area contributed by atoms with Gasteiger partial charge in [0, 0.05) is 17.8 Å². The van der Waals surface area contributed by atoms with Crippen molar-refractivity contribution in [1.82, 2.24) is 20.1 Å². The number of hydrogen-bond donors (Lipinski definition) is 2. The molecular formula is C26H31N5O2S. The first-order chi connectivity index (χ1) is 16.3. The van der Waals surface area contributed by atoms with Gasteiger partial charge in [0.1, 0.15) is 0 Å². The maximum Gasteiger partial charge on any atom is 0.252 e. The molecule has 8 heteroatoms. The first-order valence-corrected chi connectivity index (χ1v) is 12.3. The molecule has 2 aromatic carbocycles. The van der Waals surface area contributed by atoms with E-state index >= 15 is 0 Å². The normalized spacial score (nSPS) is 11.6. The van der Waals surface area contributed by atoms with Gasteiger partial charge in [-0.3, -0.25) is 9.59 Å². The molecule has 1 aromatic heterocycles. The summed E-state index contributed by atoms with van der Waals surface area (Å²) in [6.07, 6.45) is 2.58. The molecule has 3 aromatic rings. The van der Waals surface area contributed by atoms with Crippen molar-refractivity contribution >= 4 is 29.3 Å². The number of carbonyl (C=O) groups is 2. The van der Waals surface area contributed by atoms with E-state index in [2.05, 4.69) is 34.3 Å². The van der Waals surface area contributed by atoms with Crippen molar-refractivity contribution in [2.75, 3.05) is 11.1 Å². The molecule has 0 unspecified atom stereocenters. The van der Waals surface area contributed by atoms with Crippen molar-refractivity contribution in [1.29, 1.82) is 0 Å². The largest absolute Gasteiger partial charge is 0.342 e. The quantitative estimate of drug-likeness (QED) is 0.321. The number of aryl methyl sites for hydroxylation is 3. The van der Waals surface area contributed by atoms with Gasteiger partial charge >= 0.3 is 0 Å². The fourth-order valence-electron chi connectivity index (χ4n) is 3.70. The molecule has 1 heterocycles. The van der Waals surface area contributed by atoms with E-state index in [1.165, 1.54) is 11.8 Å². The molecule has 7 nitrogen and oxygen atoms in total. The van der Waals surface area contributed by atoms with Crippen LogP contribution in [0.2, 0.25) is 0 Å². The molecule has 0 saturated heterocycles. The van der Waals surface area contributed by atoms with Gasteiger partial charge in [0.25, 0.3) is 5.91 Å². The van der Waals surface area contributed by atoms with E-state index in [1.807, 2.05) is 61.7 Å². The van der Waals surface area contributed by atoms with Crippen LogP contribution in [0.1, 0.15) is 52.8 Å². The summed E-state index contributed by atoms with van der Waals surface area (Å²) in [5.74, 6) is 0.523. The fourth-order valence-corrected chi connectivity index (χ4v) is 4.46. The Labute approximate surface area is 205 Å². The van der Waals surface area contributed by atoms with E-state index in [4.69, 9.17) is 0 Å². The minimum Gasteiger partial charge on any atom is -0.342 e. The Hall–Kier alpha value is -3.39. The maximum absolute atomic E-state index is 12.7. The lowest BCUT2D eigenvalue weighted by molar-refractivity contribution is -0.113. The summed E-state index contributed by atoms with van der Waals surface area (Å²) >= 11 is 1.31. The van der Waals surface area contributed by atoms with Crippen molar-refractivity contribution in [3.8, 4) is 0 Å². The van der Waals surface area contributed by atoms with Crippen molar-refractivity contribution in [2.45, 2.75) is 51.9 Å². The average molecular weight is 478 g/mol. The van der Waals surface area contributed by atoms with E-state index < -0.39 is 0 Å². The zero-order valence-corrected chi connectivity index (χ0v) is 20.9. The Balaban J connectivity index is 1.70. The summed E-state index contributed by atoms with van der Waals surface area (Å²) in [5, 5.41) is 15.2. The molecule has 2 amide bonds. The molecule has 0 aliphatic carbocycles. The molecule has 0 spiro atoms. The third kappa shape index (κ3) is 5.94. The fraction of sp³-hybridized carbons (Fsp3) is 0.308. The molecule has 3 rings (SSSR count). The Morgan fingerprint density at radius 3 is 2.56 bits per heavy atom. The van der Waals surface area contributed by atoms with Crippen LogP contribution < -0.4 is 10.6 Å². The van der Waals surface area contributed by atoms with Crippen molar-refractivity contribution in [3.05, 3.63) is 83.2 Å². The molecule has 0 aliphatic rings. The number of anilines is 1. The monoisotopic (exact) mass is 477 g/mol. The van der Waals surface area contributed by atoms with E-state index in [0.29, 0.717) is 23.1 Å². The number of nitrogens with zero attached hydrogens (tertiary/aromatic N) is 3. The van der Waals surface area contributed by atoms with Gasteiger partial charge in [-0.25, -0.2) is 0 Å². The summed E-state index contributed by atoms with van der Waals surface area (Å²) in [4.78, 5) is 25.4. The van der Waals surface area contributed by atoms with Gasteiger partial charge in [0.2, 0.25) is 5.91 Å². The predicted molar refractivity (Wildman–Crippen MR) is 137 cm³/mol. The summed E-state index contributed by atoms with van der Waals surface area (Å²) < 4.78 is 1.87. The van der Waals surface area contributed by atoms with Gasteiger partial charge in [-0.1, -0.05) is 61.2 Å². The molecule has 0 fully saturated rings. The third-order valence-electron chi connectivity index (χ3n) is 5.52. The summed E-state index contributed by atoms with van der Waals surface area (Å²) in [5.41, 5.74) is 4.54. The van der Waals surface area contributed by atoms with Crippen LogP contribution in [0.4, 0.5) is 5.69 Å². The number of benzene rings is 2. The second-order valence-corrected chi connectivity index (χ2v) is 8.99. The SMILES string of the molecule is C=CCn1c(SCC(=O)Nc2c(C)cccc2CC)nnc1[C@@H](C)NC(=O)c1ccccc1C. The number of rotatable bonds is 10. The Morgan fingerprint density at radius 1 is 1.12 bits per heavy atom. The van der Waals surface area contributed by atoms with Crippen LogP contribution >= 0.6 is 11.8 Å². The second kappa shape index (κ2) is 11.7. The molecule has 34 heavy (non-hydrogen) atoms. The zero-order valence-electron chi connectivity index (χ0n) is 20.1. The van der Waals surface area contributed by atoms with Crippen molar-refractivity contribution < 1.29 is 9.59 Å². The minimum absolute atomic E-state index is 0.107. The van der Waals surface area contributed by atoms with Crippen molar-refractivity contribution in [2.24, 2.45) is 0 Å². The van der Waals surface area contributed by atoms with Crippen LogP contribution in [0.3, 0.4) is 0 Å². The predicted octanol–water partition coefficient (Wildman–Crippen LogP) is 4.87. The van der Waals surface area contributed by atoms with E-state index in [9.17, 15) is 9.59 Å². The zero-order chi connectivity index (χ0) is 24.7. The lowest BCUT2D eigenvalue weighted by Crippen LogP contribution is -2.29. The number of amides is 2. The maximum atomic E-state index is 12.7. The van der Waals surface area contributed by atoms with Gasteiger partial charge in [-0.05, 0) is 49.9 Å². The lowest BCUT2D eigenvalue weighted by atomic mass is 10.1. The highest BCUT2D eigenvalue weighted by Gasteiger charge is 2.21. The molecule has 2 N–H and O–H groups in total. The molecule has 1 atom stereocenters. The summed E-state index contributed by atoms with van der Waals surface area (Å²) in [6, 6.07) is 13.1. The van der Waals surface area contributed by atoms with Gasteiger partial charge in [0.05, 0.1) is 11.8 Å². The molecule has 0 saturated carbocycles. The van der Waals surface area contributed by atoms with E-state index in [0.717, 1.165) is 28.8 Å². The number of aromatic nitrogens is 3. The first kappa shape index (κ1) is 25.2. The third-order valence-corrected chi connectivity index (χ3v) is 6.49. The summed E-state index contributed by atoms with van der Waals surface area (Å²) in [6.45, 7) is 12.1. The molecular weight excluding hydrogens is 446 g/mol. The van der Waals surface area contributed by atoms with Gasteiger partial charge in [0.15, 0.2) is 11.0 Å². The lowest BCUT2D eigenvalue weighted by Gasteiger charge is -2.16. The number of thioether (sulfide) groups is 1. The van der Waals surface area contributed by atoms with Crippen LogP contribution in [0.5, 0.6) is 0 Å².